The van der Waals surface area contributed by atoms with Crippen LogP contribution in [0.25, 0.3) is 16.9 Å². The highest BCUT2D eigenvalue weighted by Gasteiger charge is 2.10. The van der Waals surface area contributed by atoms with Gasteiger partial charge in [0.25, 0.3) is 0 Å². The van der Waals surface area contributed by atoms with Gasteiger partial charge in [-0.3, -0.25) is 0 Å². The Morgan fingerprint density at radius 1 is 0.963 bits per heavy atom. The van der Waals surface area contributed by atoms with E-state index in [4.69, 9.17) is 5.10 Å². The molecule has 0 spiro atoms. The molecule has 27 heavy (non-hydrogen) atoms. The van der Waals surface area contributed by atoms with Crippen LogP contribution in [-0.4, -0.2) is 26.8 Å². The van der Waals surface area contributed by atoms with Crippen LogP contribution in [0.5, 0.6) is 0 Å². The first-order valence-electron chi connectivity index (χ1n) is 8.64. The topological polar surface area (TPSA) is 53.7 Å². The molecule has 0 fully saturated rings. The summed E-state index contributed by atoms with van der Waals surface area (Å²) in [5.74, 6) is 0.550. The molecule has 2 heterocycles. The lowest BCUT2D eigenvalue weighted by Crippen LogP contribution is -2.18. The highest BCUT2D eigenvalue weighted by molar-refractivity contribution is 5.64. The average molecular weight is 362 g/mol. The standard InChI is InChI=1S/C21H19FN4O/c1-25(13-15-4-8-18(22)9-5-15)21-11-10-20-23-12-19(26(20)24-21)17-6-2-16(14-27)3-7-17/h2-12,27H,13-14H2,1H3. The molecule has 0 saturated heterocycles. The second kappa shape index (κ2) is 7.17. The van der Waals surface area contributed by atoms with Gasteiger partial charge in [-0.2, -0.15) is 0 Å². The third-order valence-corrected chi connectivity index (χ3v) is 4.50. The average Bonchev–Trinajstić information content (AvgIpc) is 3.13. The van der Waals surface area contributed by atoms with Gasteiger partial charge in [-0.25, -0.2) is 13.9 Å². The molecule has 2 aromatic heterocycles. The second-order valence-electron chi connectivity index (χ2n) is 6.44. The van der Waals surface area contributed by atoms with Crippen LogP contribution in [0.4, 0.5) is 10.2 Å². The van der Waals surface area contributed by atoms with Crippen LogP contribution in [0.15, 0.2) is 66.9 Å². The van der Waals surface area contributed by atoms with Gasteiger partial charge in [0, 0.05) is 19.2 Å². The fraction of sp³-hybridized carbons (Fsp3) is 0.143. The summed E-state index contributed by atoms with van der Waals surface area (Å²) in [7, 11) is 1.95. The molecule has 1 N–H and O–H groups in total. The smallest absolute Gasteiger partial charge is 0.154 e. The zero-order valence-electron chi connectivity index (χ0n) is 14.9. The van der Waals surface area contributed by atoms with Crippen molar-refractivity contribution in [3.63, 3.8) is 0 Å². The Bertz CT molecular complexity index is 1060. The molecule has 0 bridgehead atoms. The van der Waals surface area contributed by atoms with Crippen molar-refractivity contribution in [3.05, 3.63) is 83.8 Å². The zero-order valence-corrected chi connectivity index (χ0v) is 14.9. The molecular formula is C21H19FN4O. The third-order valence-electron chi connectivity index (χ3n) is 4.50. The maximum absolute atomic E-state index is 13.1. The van der Waals surface area contributed by atoms with Crippen LogP contribution in [0, 0.1) is 5.82 Å². The molecule has 0 aliphatic rings. The van der Waals surface area contributed by atoms with Crippen molar-refractivity contribution < 1.29 is 9.50 Å². The van der Waals surface area contributed by atoms with Crippen molar-refractivity contribution >= 4 is 11.5 Å². The van der Waals surface area contributed by atoms with Crippen molar-refractivity contribution in [2.45, 2.75) is 13.2 Å². The molecule has 0 atom stereocenters. The first-order valence-corrected chi connectivity index (χ1v) is 8.64. The molecule has 6 heteroatoms. The number of benzene rings is 2. The van der Waals surface area contributed by atoms with Crippen LogP contribution in [0.1, 0.15) is 11.1 Å². The van der Waals surface area contributed by atoms with E-state index in [2.05, 4.69) is 4.98 Å². The summed E-state index contributed by atoms with van der Waals surface area (Å²) < 4.78 is 14.9. The molecule has 5 nitrogen and oxygen atoms in total. The predicted octanol–water partition coefficient (Wildman–Crippen LogP) is 3.66. The van der Waals surface area contributed by atoms with Crippen LogP contribution in [0.3, 0.4) is 0 Å². The summed E-state index contributed by atoms with van der Waals surface area (Å²) >= 11 is 0. The van der Waals surface area contributed by atoms with E-state index in [1.54, 1.807) is 18.3 Å². The highest BCUT2D eigenvalue weighted by atomic mass is 19.1. The van der Waals surface area contributed by atoms with Crippen molar-refractivity contribution in [2.24, 2.45) is 0 Å². The van der Waals surface area contributed by atoms with E-state index in [-0.39, 0.29) is 12.4 Å². The maximum atomic E-state index is 13.1. The first-order chi connectivity index (χ1) is 13.1. The number of fused-ring (bicyclic) bond motifs is 1. The van der Waals surface area contributed by atoms with E-state index >= 15 is 0 Å². The van der Waals surface area contributed by atoms with Crippen molar-refractivity contribution in [1.82, 2.24) is 14.6 Å². The lowest BCUT2D eigenvalue weighted by Gasteiger charge is -2.18. The third kappa shape index (κ3) is 3.52. The molecule has 0 saturated carbocycles. The number of rotatable bonds is 5. The van der Waals surface area contributed by atoms with E-state index in [1.165, 1.54) is 12.1 Å². The summed E-state index contributed by atoms with van der Waals surface area (Å²) in [6, 6.07) is 18.0. The number of hydrogen-bond acceptors (Lipinski definition) is 4. The molecule has 0 aliphatic heterocycles. The van der Waals surface area contributed by atoms with Gasteiger partial charge in [0.05, 0.1) is 18.5 Å². The molecule has 0 amide bonds. The number of aromatic nitrogens is 3. The largest absolute Gasteiger partial charge is 0.392 e. The summed E-state index contributed by atoms with van der Waals surface area (Å²) in [4.78, 5) is 6.43. The second-order valence-corrected chi connectivity index (χ2v) is 6.44. The maximum Gasteiger partial charge on any atom is 0.154 e. The fourth-order valence-corrected chi connectivity index (χ4v) is 2.99. The molecule has 2 aromatic carbocycles. The Kier molecular flexibility index (Phi) is 4.56. The Balaban J connectivity index is 1.65. The molecular weight excluding hydrogens is 343 g/mol. The van der Waals surface area contributed by atoms with Gasteiger partial charge in [0.2, 0.25) is 0 Å². The van der Waals surface area contributed by atoms with E-state index < -0.39 is 0 Å². The van der Waals surface area contributed by atoms with Crippen molar-refractivity contribution in [3.8, 4) is 11.3 Å². The monoisotopic (exact) mass is 362 g/mol. The minimum Gasteiger partial charge on any atom is -0.392 e. The molecule has 4 rings (SSSR count). The normalized spacial score (nSPS) is 11.1. The fourth-order valence-electron chi connectivity index (χ4n) is 2.99. The van der Waals surface area contributed by atoms with Gasteiger partial charge < -0.3 is 10.0 Å². The molecule has 4 aromatic rings. The Morgan fingerprint density at radius 2 is 1.67 bits per heavy atom. The van der Waals surface area contributed by atoms with Crippen LogP contribution in [0.2, 0.25) is 0 Å². The van der Waals surface area contributed by atoms with Crippen molar-refractivity contribution in [1.29, 1.82) is 0 Å². The molecule has 0 unspecified atom stereocenters. The number of nitrogens with zero attached hydrogens (tertiary/aromatic N) is 4. The van der Waals surface area contributed by atoms with E-state index in [0.29, 0.717) is 6.54 Å². The minimum atomic E-state index is -0.240. The zero-order chi connectivity index (χ0) is 18.8. The van der Waals surface area contributed by atoms with E-state index in [1.807, 2.05) is 52.9 Å². The Hall–Kier alpha value is -3.25. The quantitative estimate of drug-likeness (QED) is 0.589. The Morgan fingerprint density at radius 3 is 2.37 bits per heavy atom. The summed E-state index contributed by atoms with van der Waals surface area (Å²) in [6.45, 7) is 0.637. The predicted molar refractivity (Wildman–Crippen MR) is 103 cm³/mol. The summed E-state index contributed by atoms with van der Waals surface area (Å²) in [6.07, 6.45) is 1.79. The van der Waals surface area contributed by atoms with E-state index in [0.717, 1.165) is 33.8 Å². The van der Waals surface area contributed by atoms with Crippen LogP contribution < -0.4 is 4.90 Å². The summed E-state index contributed by atoms with van der Waals surface area (Å²) in [5, 5.41) is 13.9. The van der Waals surface area contributed by atoms with Gasteiger partial charge in [0.15, 0.2) is 5.65 Å². The molecule has 0 aliphatic carbocycles. The van der Waals surface area contributed by atoms with Gasteiger partial charge in [0.1, 0.15) is 11.6 Å². The number of hydrogen-bond donors (Lipinski definition) is 1. The molecule has 136 valence electrons. The number of aliphatic hydroxyl groups excluding tert-OH is 1. The molecule has 0 radical (unpaired) electrons. The number of imidazole rings is 1. The van der Waals surface area contributed by atoms with Crippen LogP contribution in [-0.2, 0) is 13.2 Å². The number of halogens is 1. The lowest BCUT2D eigenvalue weighted by molar-refractivity contribution is 0.282. The van der Waals surface area contributed by atoms with Gasteiger partial charge >= 0.3 is 0 Å². The van der Waals surface area contributed by atoms with Crippen LogP contribution >= 0.6 is 0 Å². The number of anilines is 1. The SMILES string of the molecule is CN(Cc1ccc(F)cc1)c1ccc2ncc(-c3ccc(CO)cc3)n2n1. The van der Waals surface area contributed by atoms with Gasteiger partial charge in [-0.15, -0.1) is 5.10 Å². The summed E-state index contributed by atoms with van der Waals surface area (Å²) in [5.41, 5.74) is 4.48. The van der Waals surface area contributed by atoms with Crippen molar-refractivity contribution in [2.75, 3.05) is 11.9 Å². The lowest BCUT2D eigenvalue weighted by atomic mass is 10.1. The first kappa shape index (κ1) is 17.2. The van der Waals surface area contributed by atoms with Gasteiger partial charge in [-0.05, 0) is 35.4 Å². The van der Waals surface area contributed by atoms with E-state index in [9.17, 15) is 9.50 Å². The Labute approximate surface area is 156 Å². The number of aliphatic hydroxyl groups is 1. The highest BCUT2D eigenvalue weighted by Crippen LogP contribution is 2.22. The van der Waals surface area contributed by atoms with Gasteiger partial charge in [-0.1, -0.05) is 36.4 Å². The minimum absolute atomic E-state index is 0.0179.